The van der Waals surface area contributed by atoms with Gasteiger partial charge in [0.15, 0.2) is 0 Å². The molecule has 2 aromatic carbocycles. The van der Waals surface area contributed by atoms with Crippen molar-refractivity contribution in [3.8, 4) is 11.5 Å². The Morgan fingerprint density at radius 1 is 1.21 bits per heavy atom. The number of ether oxygens (including phenoxy) is 1. The van der Waals surface area contributed by atoms with E-state index in [-0.39, 0.29) is 40.5 Å². The van der Waals surface area contributed by atoms with E-state index in [1.54, 1.807) is 0 Å². The highest BCUT2D eigenvalue weighted by atomic mass is 35.5. The van der Waals surface area contributed by atoms with Gasteiger partial charge in [0.1, 0.15) is 18.1 Å². The predicted octanol–water partition coefficient (Wildman–Crippen LogP) is 7.12. The molecule has 11 heteroatoms. The summed E-state index contributed by atoms with van der Waals surface area (Å²) in [6.45, 7) is 2.21. The van der Waals surface area contributed by atoms with Crippen LogP contribution in [0.25, 0.3) is 0 Å². The Labute approximate surface area is 170 Å². The molecule has 0 aromatic heterocycles. The standard InChI is InChI=1S/C18H17ClF3NO5P/c1-2-3-8-27-29(26)11-12-9-14(5-6-16(12)23(24)25)28-17-7-4-13(10-15(17)19)18(20,21)22/h4-7,9-10H,2-3,8,11H2,1H3/q+1. The maximum absolute atomic E-state index is 12.7. The number of nitro groups is 1. The summed E-state index contributed by atoms with van der Waals surface area (Å²) in [6, 6.07) is 6.33. The van der Waals surface area contributed by atoms with Crippen molar-refractivity contribution in [1.82, 2.24) is 0 Å². The van der Waals surface area contributed by atoms with E-state index in [0.29, 0.717) is 6.42 Å². The molecular weight excluding hydrogens is 434 g/mol. The number of unbranched alkanes of at least 4 members (excludes halogenated alkanes) is 1. The van der Waals surface area contributed by atoms with Crippen LogP contribution in [0, 0.1) is 10.1 Å². The first-order valence-corrected chi connectivity index (χ1v) is 10.3. The second-order valence-corrected chi connectivity index (χ2v) is 7.62. The zero-order valence-electron chi connectivity index (χ0n) is 15.2. The Hall–Kier alpha value is -2.22. The van der Waals surface area contributed by atoms with Crippen LogP contribution < -0.4 is 4.74 Å². The number of hydrogen-bond donors (Lipinski definition) is 0. The smallest absolute Gasteiger partial charge is 0.456 e. The Morgan fingerprint density at radius 2 is 1.93 bits per heavy atom. The van der Waals surface area contributed by atoms with Crippen molar-refractivity contribution in [1.29, 1.82) is 0 Å². The van der Waals surface area contributed by atoms with E-state index >= 15 is 0 Å². The fraction of sp³-hybridized carbons (Fsp3) is 0.333. The van der Waals surface area contributed by atoms with E-state index in [4.69, 9.17) is 20.9 Å². The molecule has 0 heterocycles. The molecule has 0 spiro atoms. The maximum atomic E-state index is 12.7. The zero-order chi connectivity index (χ0) is 21.6. The van der Waals surface area contributed by atoms with Crippen LogP contribution in [0.3, 0.4) is 0 Å². The second-order valence-electron chi connectivity index (χ2n) is 5.97. The molecule has 1 atom stereocenters. The van der Waals surface area contributed by atoms with Crippen LogP contribution in [0.1, 0.15) is 30.9 Å². The Kier molecular flexibility index (Phi) is 7.96. The number of hydrogen-bond acceptors (Lipinski definition) is 5. The summed E-state index contributed by atoms with van der Waals surface area (Å²) in [5.74, 6) is 0.0484. The van der Waals surface area contributed by atoms with Crippen LogP contribution in [-0.4, -0.2) is 11.5 Å². The van der Waals surface area contributed by atoms with Crippen LogP contribution in [-0.2, 0) is 21.4 Å². The number of benzene rings is 2. The van der Waals surface area contributed by atoms with Gasteiger partial charge < -0.3 is 4.74 Å². The van der Waals surface area contributed by atoms with Crippen molar-refractivity contribution in [2.45, 2.75) is 32.1 Å². The number of halogens is 4. The third-order valence-electron chi connectivity index (χ3n) is 3.77. The van der Waals surface area contributed by atoms with E-state index in [1.807, 2.05) is 6.92 Å². The molecular formula is C18H17ClF3NO5P+. The SMILES string of the molecule is CCCCO[P+](=O)Cc1cc(Oc2ccc(C(F)(F)F)cc2Cl)ccc1[N+](=O)[O-]. The van der Waals surface area contributed by atoms with E-state index in [9.17, 15) is 27.9 Å². The van der Waals surface area contributed by atoms with Crippen molar-refractivity contribution in [2.24, 2.45) is 0 Å². The van der Waals surface area contributed by atoms with Crippen LogP contribution in [0.2, 0.25) is 5.02 Å². The lowest BCUT2D eigenvalue weighted by Gasteiger charge is -2.11. The first-order chi connectivity index (χ1) is 13.6. The minimum Gasteiger partial charge on any atom is -0.456 e. The van der Waals surface area contributed by atoms with Crippen LogP contribution in [0.15, 0.2) is 36.4 Å². The van der Waals surface area contributed by atoms with E-state index in [0.717, 1.165) is 30.7 Å². The lowest BCUT2D eigenvalue weighted by Crippen LogP contribution is -2.04. The highest BCUT2D eigenvalue weighted by Gasteiger charge is 2.31. The maximum Gasteiger partial charge on any atom is 0.513 e. The third-order valence-corrected chi connectivity index (χ3v) is 5.13. The highest BCUT2D eigenvalue weighted by Crippen LogP contribution is 2.39. The lowest BCUT2D eigenvalue weighted by atomic mass is 10.2. The average Bonchev–Trinajstić information content (AvgIpc) is 2.62. The third kappa shape index (κ3) is 6.66. The Balaban J connectivity index is 2.24. The fourth-order valence-corrected chi connectivity index (χ4v) is 3.49. The predicted molar refractivity (Wildman–Crippen MR) is 102 cm³/mol. The van der Waals surface area contributed by atoms with Gasteiger partial charge in [0, 0.05) is 6.07 Å². The topological polar surface area (TPSA) is 78.7 Å². The van der Waals surface area contributed by atoms with Crippen LogP contribution in [0.5, 0.6) is 11.5 Å². The van der Waals surface area contributed by atoms with E-state index < -0.39 is 24.7 Å². The average molecular weight is 451 g/mol. The fourth-order valence-electron chi connectivity index (χ4n) is 2.31. The van der Waals surface area contributed by atoms with Gasteiger partial charge in [-0.1, -0.05) is 24.9 Å². The summed E-state index contributed by atoms with van der Waals surface area (Å²) in [5, 5.41) is 11.0. The second kappa shape index (κ2) is 10.0. The van der Waals surface area contributed by atoms with Gasteiger partial charge in [-0.2, -0.15) is 13.2 Å². The molecule has 0 aliphatic rings. The summed E-state index contributed by atoms with van der Waals surface area (Å²) in [7, 11) is -2.17. The summed E-state index contributed by atoms with van der Waals surface area (Å²) in [4.78, 5) is 10.6. The van der Waals surface area contributed by atoms with Gasteiger partial charge in [0.2, 0.25) is 6.16 Å². The molecule has 29 heavy (non-hydrogen) atoms. The number of alkyl halides is 3. The first-order valence-electron chi connectivity index (χ1n) is 8.51. The summed E-state index contributed by atoms with van der Waals surface area (Å²) in [6.07, 6.45) is -3.20. The molecule has 0 aliphatic carbocycles. The number of rotatable bonds is 9. The molecule has 0 bridgehead atoms. The molecule has 2 rings (SSSR count). The molecule has 156 valence electrons. The van der Waals surface area contributed by atoms with Crippen LogP contribution >= 0.6 is 19.6 Å². The molecule has 6 nitrogen and oxygen atoms in total. The van der Waals surface area contributed by atoms with Gasteiger partial charge in [-0.3, -0.25) is 10.1 Å². The monoisotopic (exact) mass is 450 g/mol. The number of nitro benzene ring substituents is 1. The van der Waals surface area contributed by atoms with Gasteiger partial charge in [-0.25, -0.2) is 0 Å². The van der Waals surface area contributed by atoms with Gasteiger partial charge >= 0.3 is 14.2 Å². The van der Waals surface area contributed by atoms with Crippen LogP contribution in [0.4, 0.5) is 18.9 Å². The minimum atomic E-state index is -4.55. The van der Waals surface area contributed by atoms with Crippen molar-refractivity contribution < 1.29 is 31.9 Å². The van der Waals surface area contributed by atoms with Gasteiger partial charge in [0.25, 0.3) is 5.69 Å². The molecule has 0 N–H and O–H groups in total. The van der Waals surface area contributed by atoms with E-state index in [2.05, 4.69) is 0 Å². The summed E-state index contributed by atoms with van der Waals surface area (Å²) >= 11 is 5.86. The molecule has 0 saturated carbocycles. The molecule has 0 aliphatic heterocycles. The molecule has 1 unspecified atom stereocenters. The zero-order valence-corrected chi connectivity index (χ0v) is 16.9. The molecule has 0 fully saturated rings. The Morgan fingerprint density at radius 3 is 2.52 bits per heavy atom. The molecule has 0 radical (unpaired) electrons. The van der Waals surface area contributed by atoms with Gasteiger partial charge in [-0.15, -0.1) is 4.52 Å². The quantitative estimate of drug-likeness (QED) is 0.176. The van der Waals surface area contributed by atoms with Crippen molar-refractivity contribution in [3.63, 3.8) is 0 Å². The first kappa shape index (κ1) is 23.1. The molecule has 2 aromatic rings. The molecule has 0 amide bonds. The summed E-state index contributed by atoms with van der Waals surface area (Å²) in [5.41, 5.74) is -1.08. The minimum absolute atomic E-state index is 0.0527. The highest BCUT2D eigenvalue weighted by molar-refractivity contribution is 7.38. The lowest BCUT2D eigenvalue weighted by molar-refractivity contribution is -0.385. The largest absolute Gasteiger partial charge is 0.513 e. The van der Waals surface area contributed by atoms with E-state index in [1.165, 1.54) is 12.1 Å². The normalized spacial score (nSPS) is 12.0. The van der Waals surface area contributed by atoms with Crippen molar-refractivity contribution in [3.05, 3.63) is 62.7 Å². The van der Waals surface area contributed by atoms with Gasteiger partial charge in [-0.05, 0) is 41.3 Å². The van der Waals surface area contributed by atoms with Crippen molar-refractivity contribution >= 4 is 25.3 Å². The van der Waals surface area contributed by atoms with Gasteiger partial charge in [0.05, 0.1) is 21.1 Å². The summed E-state index contributed by atoms with van der Waals surface area (Å²) < 4.78 is 60.9. The number of nitrogens with zero attached hydrogens (tertiary/aromatic N) is 1. The Bertz CT molecular complexity index is 908. The van der Waals surface area contributed by atoms with Crippen molar-refractivity contribution in [2.75, 3.05) is 6.61 Å². The molecule has 0 saturated heterocycles.